The van der Waals surface area contributed by atoms with Gasteiger partial charge in [0.15, 0.2) is 0 Å². The Morgan fingerprint density at radius 3 is 2.38 bits per heavy atom. The Labute approximate surface area is 212 Å². The van der Waals surface area contributed by atoms with E-state index >= 15 is 0 Å². The van der Waals surface area contributed by atoms with E-state index in [1.165, 1.54) is 0 Å². The fourth-order valence-electron chi connectivity index (χ4n) is 4.66. The monoisotopic (exact) mass is 539 g/mol. The fraction of sp³-hybridized carbons (Fsp3) is 0.458. The first-order valence-corrected chi connectivity index (χ1v) is 13.7. The second kappa shape index (κ2) is 10.3. The highest BCUT2D eigenvalue weighted by Crippen LogP contribution is 2.43. The highest BCUT2D eigenvalue weighted by molar-refractivity contribution is 7.88. The predicted octanol–water partition coefficient (Wildman–Crippen LogP) is 3.39. The molecule has 1 saturated heterocycles. The number of hydrogen-bond acceptors (Lipinski definition) is 5. The van der Waals surface area contributed by atoms with Crippen molar-refractivity contribution in [2.24, 2.45) is 0 Å². The predicted molar refractivity (Wildman–Crippen MR) is 132 cm³/mol. The third-order valence-corrected chi connectivity index (χ3v) is 7.50. The first kappa shape index (κ1) is 26.9. The molecule has 9 nitrogen and oxygen atoms in total. The molecule has 1 saturated carbocycles. The van der Waals surface area contributed by atoms with E-state index in [2.05, 4.69) is 20.3 Å². The molecule has 1 aromatic heterocycles. The van der Waals surface area contributed by atoms with Crippen LogP contribution in [0, 0.1) is 0 Å². The van der Waals surface area contributed by atoms with Crippen LogP contribution in [0.2, 0.25) is 0 Å². The van der Waals surface area contributed by atoms with Crippen LogP contribution in [0.1, 0.15) is 43.4 Å². The summed E-state index contributed by atoms with van der Waals surface area (Å²) in [5.74, 6) is -0.295. The molecule has 2 aromatic rings. The van der Waals surface area contributed by atoms with Gasteiger partial charge in [0.25, 0.3) is 0 Å². The first-order chi connectivity index (χ1) is 17.4. The average Bonchev–Trinajstić information content (AvgIpc) is 2.79. The van der Waals surface area contributed by atoms with Crippen LogP contribution in [0.4, 0.5) is 29.3 Å². The lowest BCUT2D eigenvalue weighted by atomic mass is 9.64. The lowest BCUT2D eigenvalue weighted by Crippen LogP contribution is -2.53. The van der Waals surface area contributed by atoms with Crippen molar-refractivity contribution in [3.8, 4) is 0 Å². The lowest BCUT2D eigenvalue weighted by Gasteiger charge is -2.42. The Balaban J connectivity index is 1.38. The maximum atomic E-state index is 13.1. The van der Waals surface area contributed by atoms with Crippen LogP contribution in [-0.2, 0) is 26.4 Å². The van der Waals surface area contributed by atoms with E-state index in [4.69, 9.17) is 0 Å². The normalized spacial score (nSPS) is 19.7. The number of nitrogens with zero attached hydrogens (tertiary/aromatic N) is 2. The molecule has 0 spiro atoms. The number of hydrogen-bond donors (Lipinski definition) is 3. The van der Waals surface area contributed by atoms with Crippen LogP contribution in [0.15, 0.2) is 42.6 Å². The molecule has 0 unspecified atom stereocenters. The van der Waals surface area contributed by atoms with Crippen molar-refractivity contribution in [2.75, 3.05) is 29.6 Å². The number of aromatic nitrogens is 1. The van der Waals surface area contributed by atoms with Crippen LogP contribution in [0.5, 0.6) is 0 Å². The number of alkyl halides is 3. The molecule has 2 fully saturated rings. The van der Waals surface area contributed by atoms with E-state index < -0.39 is 34.0 Å². The summed E-state index contributed by atoms with van der Waals surface area (Å²) in [6.45, 7) is 0.797. The molecule has 3 N–H and O–H groups in total. The topological polar surface area (TPSA) is 120 Å². The van der Waals surface area contributed by atoms with Gasteiger partial charge in [0.1, 0.15) is 11.7 Å². The third-order valence-electron chi connectivity index (χ3n) is 6.83. The number of sulfonamides is 1. The molecule has 1 aromatic carbocycles. The number of urea groups is 1. The second-order valence-electron chi connectivity index (χ2n) is 9.49. The Hall–Kier alpha value is -3.19. The Kier molecular flexibility index (Phi) is 7.47. The van der Waals surface area contributed by atoms with E-state index in [0.29, 0.717) is 31.6 Å². The number of carbonyl (C=O) groups excluding carboxylic acids is 2. The summed E-state index contributed by atoms with van der Waals surface area (Å²) in [7, 11) is -3.31. The molecule has 2 aliphatic rings. The summed E-state index contributed by atoms with van der Waals surface area (Å²) in [6.07, 6.45) is 1.27. The number of pyridine rings is 1. The van der Waals surface area contributed by atoms with Crippen LogP contribution in [-0.4, -0.2) is 50.7 Å². The van der Waals surface area contributed by atoms with Crippen molar-refractivity contribution in [3.63, 3.8) is 0 Å². The second-order valence-corrected chi connectivity index (χ2v) is 11.3. The number of rotatable bonds is 7. The number of piperidine rings is 1. The van der Waals surface area contributed by atoms with Gasteiger partial charge in [-0.2, -0.15) is 13.2 Å². The summed E-state index contributed by atoms with van der Waals surface area (Å²) >= 11 is 0. The van der Waals surface area contributed by atoms with Gasteiger partial charge in [-0.3, -0.25) is 4.79 Å². The average molecular weight is 540 g/mol. The molecule has 4 rings (SSSR count). The van der Waals surface area contributed by atoms with Crippen molar-refractivity contribution < 1.29 is 31.2 Å². The molecule has 3 amide bonds. The summed E-state index contributed by atoms with van der Waals surface area (Å²) in [5.41, 5.74) is 0.400. The minimum Gasteiger partial charge on any atom is -0.326 e. The van der Waals surface area contributed by atoms with Crippen LogP contribution in [0.25, 0.3) is 0 Å². The van der Waals surface area contributed by atoms with Gasteiger partial charge >= 0.3 is 12.2 Å². The molecule has 200 valence electrons. The number of anilines is 2. The molecular weight excluding hydrogens is 511 g/mol. The third kappa shape index (κ3) is 6.39. The first-order valence-electron chi connectivity index (χ1n) is 11.8. The Bertz CT molecular complexity index is 1250. The molecular formula is C24H28F3N5O4S. The summed E-state index contributed by atoms with van der Waals surface area (Å²) in [4.78, 5) is 30.4. The molecule has 1 aliphatic heterocycles. The smallest absolute Gasteiger partial charge is 0.326 e. The van der Waals surface area contributed by atoms with Crippen molar-refractivity contribution in [2.45, 2.75) is 49.7 Å². The van der Waals surface area contributed by atoms with Gasteiger partial charge in [-0.05, 0) is 55.5 Å². The van der Waals surface area contributed by atoms with Gasteiger partial charge in [0.2, 0.25) is 15.9 Å². The number of amides is 3. The van der Waals surface area contributed by atoms with Crippen molar-refractivity contribution >= 4 is 33.3 Å². The van der Waals surface area contributed by atoms with Gasteiger partial charge in [0, 0.05) is 24.2 Å². The van der Waals surface area contributed by atoms with E-state index in [-0.39, 0.29) is 17.0 Å². The minimum absolute atomic E-state index is 0.0662. The van der Waals surface area contributed by atoms with Crippen LogP contribution < -0.4 is 20.3 Å². The summed E-state index contributed by atoms with van der Waals surface area (Å²) < 4.78 is 63.7. The number of benzene rings is 1. The van der Waals surface area contributed by atoms with E-state index in [9.17, 15) is 31.2 Å². The van der Waals surface area contributed by atoms with Crippen molar-refractivity contribution in [1.29, 1.82) is 0 Å². The quantitative estimate of drug-likeness (QED) is 0.498. The molecule has 0 radical (unpaired) electrons. The maximum absolute atomic E-state index is 13.1. The zero-order valence-corrected chi connectivity index (χ0v) is 21.0. The van der Waals surface area contributed by atoms with Gasteiger partial charge < -0.3 is 15.5 Å². The lowest BCUT2D eigenvalue weighted by molar-refractivity contribution is -0.141. The molecule has 37 heavy (non-hydrogen) atoms. The molecule has 0 bridgehead atoms. The van der Waals surface area contributed by atoms with E-state index in [0.717, 1.165) is 49.4 Å². The number of nitrogens with one attached hydrogen (secondary N) is 3. The van der Waals surface area contributed by atoms with Gasteiger partial charge in [0.05, 0.1) is 18.1 Å². The van der Waals surface area contributed by atoms with Gasteiger partial charge in [-0.25, -0.2) is 22.9 Å². The summed E-state index contributed by atoms with van der Waals surface area (Å²) in [5, 5.41) is 4.99. The van der Waals surface area contributed by atoms with Crippen LogP contribution in [0.3, 0.4) is 0 Å². The maximum Gasteiger partial charge on any atom is 0.433 e. The van der Waals surface area contributed by atoms with E-state index in [1.807, 2.05) is 24.3 Å². The molecule has 13 heteroatoms. The Morgan fingerprint density at radius 2 is 1.84 bits per heavy atom. The fourth-order valence-corrected chi connectivity index (χ4v) is 5.20. The highest BCUT2D eigenvalue weighted by Gasteiger charge is 2.39. The highest BCUT2D eigenvalue weighted by atomic mass is 32.2. The summed E-state index contributed by atoms with van der Waals surface area (Å²) in [6, 6.07) is 7.80. The molecule has 1 atom stereocenters. The van der Waals surface area contributed by atoms with Crippen molar-refractivity contribution in [1.82, 2.24) is 15.0 Å². The SMILES string of the molecule is CS(=O)(=O)NCC1(c2ccc(N3CCC[C@H](NC(=O)Nc4ccc(C(F)(F)F)nc4)C3=O)cc2)CCC1. The van der Waals surface area contributed by atoms with Crippen LogP contribution >= 0.6 is 0 Å². The zero-order valence-electron chi connectivity index (χ0n) is 20.1. The largest absolute Gasteiger partial charge is 0.433 e. The molecule has 2 heterocycles. The van der Waals surface area contributed by atoms with Crippen molar-refractivity contribution in [3.05, 3.63) is 53.9 Å². The number of carbonyl (C=O) groups is 2. The molecule has 1 aliphatic carbocycles. The minimum atomic E-state index is -4.58. The van der Waals surface area contributed by atoms with E-state index in [1.54, 1.807) is 4.90 Å². The standard InChI is InChI=1S/C24H28F3N5O4S/c1-37(35,36)29-15-23(11-3-12-23)16-5-8-18(9-6-16)32-13-2-4-19(21(32)33)31-22(34)30-17-7-10-20(28-14-17)24(25,26)27/h5-10,14,19,29H,2-4,11-13,15H2,1H3,(H2,30,31,34)/t19-/m0/s1. The van der Waals surface area contributed by atoms with Gasteiger partial charge in [-0.15, -0.1) is 0 Å². The number of halogens is 3. The van der Waals surface area contributed by atoms with Gasteiger partial charge in [-0.1, -0.05) is 18.6 Å². The zero-order chi connectivity index (χ0) is 26.8. The Morgan fingerprint density at radius 1 is 1.14 bits per heavy atom.